The number of likely N-dealkylation sites (tertiary alicyclic amines) is 1. The molecule has 120 valence electrons. The second-order valence-corrected chi connectivity index (χ2v) is 5.44. The average Bonchev–Trinajstić information content (AvgIpc) is 3.07. The lowest BCUT2D eigenvalue weighted by Crippen LogP contribution is -2.42. The van der Waals surface area contributed by atoms with Gasteiger partial charge in [0.25, 0.3) is 0 Å². The van der Waals surface area contributed by atoms with Gasteiger partial charge in [0.1, 0.15) is 6.07 Å². The number of halogens is 1. The molecule has 1 fully saturated rings. The van der Waals surface area contributed by atoms with Crippen LogP contribution in [-0.2, 0) is 14.4 Å². The summed E-state index contributed by atoms with van der Waals surface area (Å²) in [6.07, 6.45) is 1.92. The van der Waals surface area contributed by atoms with Crippen LogP contribution in [-0.4, -0.2) is 42.3 Å². The van der Waals surface area contributed by atoms with Crippen molar-refractivity contribution in [2.75, 3.05) is 25.0 Å². The van der Waals surface area contributed by atoms with E-state index in [4.69, 9.17) is 16.9 Å². The fourth-order valence-electron chi connectivity index (χ4n) is 2.19. The molecule has 0 spiro atoms. The average molecular weight is 335 g/mol. The van der Waals surface area contributed by atoms with Crippen molar-refractivity contribution in [3.8, 4) is 6.07 Å². The van der Waals surface area contributed by atoms with E-state index in [1.165, 1.54) is 18.2 Å². The van der Waals surface area contributed by atoms with Gasteiger partial charge in [-0.25, -0.2) is 0 Å². The molecule has 8 heteroatoms. The highest BCUT2D eigenvalue weighted by molar-refractivity contribution is 6.40. The van der Waals surface area contributed by atoms with Crippen molar-refractivity contribution in [3.05, 3.63) is 28.8 Å². The molecule has 0 unspecified atom stereocenters. The summed E-state index contributed by atoms with van der Waals surface area (Å²) in [5.41, 5.74) is 0.561. The topological polar surface area (TPSA) is 102 Å². The lowest BCUT2D eigenvalue weighted by atomic mass is 10.2. The minimum Gasteiger partial charge on any atom is -0.341 e. The predicted molar refractivity (Wildman–Crippen MR) is 83.6 cm³/mol. The maximum atomic E-state index is 11.8. The fourth-order valence-corrected chi connectivity index (χ4v) is 2.41. The van der Waals surface area contributed by atoms with Crippen LogP contribution in [0, 0.1) is 11.3 Å². The van der Waals surface area contributed by atoms with Gasteiger partial charge in [0.05, 0.1) is 17.1 Å². The van der Waals surface area contributed by atoms with E-state index in [1.54, 1.807) is 4.90 Å². The molecule has 2 rings (SSSR count). The number of nitrogens with one attached hydrogen (secondary N) is 2. The number of amides is 3. The van der Waals surface area contributed by atoms with Gasteiger partial charge in [0.2, 0.25) is 5.91 Å². The molecule has 0 aromatic heterocycles. The number of carbonyl (C=O) groups is 3. The van der Waals surface area contributed by atoms with Crippen molar-refractivity contribution in [1.29, 1.82) is 5.26 Å². The number of nitrogens with zero attached hydrogens (tertiary/aromatic N) is 2. The van der Waals surface area contributed by atoms with Gasteiger partial charge in [0.15, 0.2) is 0 Å². The van der Waals surface area contributed by atoms with E-state index in [0.717, 1.165) is 12.8 Å². The van der Waals surface area contributed by atoms with Gasteiger partial charge in [0, 0.05) is 18.8 Å². The zero-order chi connectivity index (χ0) is 16.8. The molecule has 2 N–H and O–H groups in total. The molecule has 1 aromatic carbocycles. The van der Waals surface area contributed by atoms with Crippen LogP contribution in [0.25, 0.3) is 0 Å². The third-order valence-corrected chi connectivity index (χ3v) is 3.73. The van der Waals surface area contributed by atoms with Gasteiger partial charge in [-0.05, 0) is 31.0 Å². The molecule has 3 amide bonds. The van der Waals surface area contributed by atoms with Gasteiger partial charge < -0.3 is 15.5 Å². The Kier molecular flexibility index (Phi) is 5.55. The second-order valence-electron chi connectivity index (χ2n) is 5.03. The molecule has 1 heterocycles. The first kappa shape index (κ1) is 16.8. The Bertz CT molecular complexity index is 678. The summed E-state index contributed by atoms with van der Waals surface area (Å²) >= 11 is 5.84. The molecule has 1 aromatic rings. The van der Waals surface area contributed by atoms with E-state index < -0.39 is 11.8 Å². The lowest BCUT2D eigenvalue weighted by Gasteiger charge is -2.15. The van der Waals surface area contributed by atoms with Gasteiger partial charge in [-0.3, -0.25) is 14.4 Å². The van der Waals surface area contributed by atoms with Crippen LogP contribution in [0.1, 0.15) is 18.4 Å². The van der Waals surface area contributed by atoms with Crippen molar-refractivity contribution >= 4 is 35.0 Å². The highest BCUT2D eigenvalue weighted by atomic mass is 35.5. The van der Waals surface area contributed by atoms with Crippen LogP contribution in [0.2, 0.25) is 5.02 Å². The number of hydrogen-bond donors (Lipinski definition) is 2. The third-order valence-electron chi connectivity index (χ3n) is 3.41. The van der Waals surface area contributed by atoms with E-state index >= 15 is 0 Å². The van der Waals surface area contributed by atoms with Crippen LogP contribution in [0.4, 0.5) is 5.69 Å². The molecule has 23 heavy (non-hydrogen) atoms. The van der Waals surface area contributed by atoms with Crippen LogP contribution in [0.15, 0.2) is 18.2 Å². The summed E-state index contributed by atoms with van der Waals surface area (Å²) in [5, 5.41) is 13.6. The Hall–Kier alpha value is -2.59. The summed E-state index contributed by atoms with van der Waals surface area (Å²) in [6, 6.07) is 6.17. The first-order chi connectivity index (χ1) is 11.0. The molecular formula is C15H15ClN4O3. The maximum absolute atomic E-state index is 11.8. The zero-order valence-electron chi connectivity index (χ0n) is 12.3. The zero-order valence-corrected chi connectivity index (χ0v) is 13.0. The van der Waals surface area contributed by atoms with Crippen molar-refractivity contribution in [2.45, 2.75) is 12.8 Å². The number of benzene rings is 1. The van der Waals surface area contributed by atoms with Crippen LogP contribution >= 0.6 is 11.6 Å². The first-order valence-electron chi connectivity index (χ1n) is 7.08. The molecular weight excluding hydrogens is 320 g/mol. The molecule has 0 radical (unpaired) electrons. The first-order valence-corrected chi connectivity index (χ1v) is 7.45. The van der Waals surface area contributed by atoms with E-state index in [1.807, 2.05) is 6.07 Å². The van der Waals surface area contributed by atoms with E-state index in [2.05, 4.69) is 10.6 Å². The highest BCUT2D eigenvalue weighted by Gasteiger charge is 2.20. The van der Waals surface area contributed by atoms with E-state index in [0.29, 0.717) is 18.8 Å². The van der Waals surface area contributed by atoms with Crippen LogP contribution in [0.5, 0.6) is 0 Å². The predicted octanol–water partition coefficient (Wildman–Crippen LogP) is 0.889. The second kappa shape index (κ2) is 7.61. The number of hydrogen-bond acceptors (Lipinski definition) is 4. The van der Waals surface area contributed by atoms with E-state index in [-0.39, 0.29) is 23.0 Å². The molecule has 0 saturated carbocycles. The van der Waals surface area contributed by atoms with Crippen LogP contribution < -0.4 is 10.6 Å². The van der Waals surface area contributed by atoms with Gasteiger partial charge >= 0.3 is 11.8 Å². The smallest absolute Gasteiger partial charge is 0.313 e. The summed E-state index contributed by atoms with van der Waals surface area (Å²) in [4.78, 5) is 36.9. The summed E-state index contributed by atoms with van der Waals surface area (Å²) < 4.78 is 0. The van der Waals surface area contributed by atoms with Gasteiger partial charge in [-0.2, -0.15) is 5.26 Å². The Balaban J connectivity index is 1.85. The normalized spacial score (nSPS) is 13.3. The van der Waals surface area contributed by atoms with Crippen molar-refractivity contribution in [1.82, 2.24) is 10.2 Å². The quantitative estimate of drug-likeness (QED) is 0.801. The molecule has 1 aliphatic heterocycles. The molecule has 0 aliphatic carbocycles. The number of carbonyl (C=O) groups excluding carboxylic acids is 3. The molecule has 1 aliphatic rings. The molecule has 7 nitrogen and oxygen atoms in total. The standard InChI is InChI=1S/C15H15ClN4O3/c16-12-7-11(4-3-10(12)8-17)19-15(23)14(22)18-9-13(21)20-5-1-2-6-20/h3-4,7H,1-2,5-6,9H2,(H,18,22)(H,19,23). The maximum Gasteiger partial charge on any atom is 0.313 e. The highest BCUT2D eigenvalue weighted by Crippen LogP contribution is 2.20. The molecule has 0 bridgehead atoms. The third kappa shape index (κ3) is 4.44. The largest absolute Gasteiger partial charge is 0.341 e. The monoisotopic (exact) mass is 334 g/mol. The van der Waals surface area contributed by atoms with Gasteiger partial charge in [-0.1, -0.05) is 11.6 Å². The minimum atomic E-state index is -0.905. The van der Waals surface area contributed by atoms with Crippen LogP contribution in [0.3, 0.4) is 0 Å². The van der Waals surface area contributed by atoms with E-state index in [9.17, 15) is 14.4 Å². The Morgan fingerprint density at radius 3 is 2.52 bits per heavy atom. The fraction of sp³-hybridized carbons (Fsp3) is 0.333. The van der Waals surface area contributed by atoms with Gasteiger partial charge in [-0.15, -0.1) is 0 Å². The number of anilines is 1. The Labute approximate surface area is 138 Å². The lowest BCUT2D eigenvalue weighted by molar-refractivity contribution is -0.138. The SMILES string of the molecule is N#Cc1ccc(NC(=O)C(=O)NCC(=O)N2CCCC2)cc1Cl. The Morgan fingerprint density at radius 1 is 1.22 bits per heavy atom. The van der Waals surface area contributed by atoms with Crippen molar-refractivity contribution < 1.29 is 14.4 Å². The number of rotatable bonds is 3. The Morgan fingerprint density at radius 2 is 1.91 bits per heavy atom. The molecule has 1 saturated heterocycles. The number of nitriles is 1. The summed E-state index contributed by atoms with van der Waals surface area (Å²) in [7, 11) is 0. The summed E-state index contributed by atoms with van der Waals surface area (Å²) in [5.74, 6) is -2.01. The minimum absolute atomic E-state index is 0.176. The van der Waals surface area contributed by atoms with Crippen molar-refractivity contribution in [2.24, 2.45) is 0 Å². The van der Waals surface area contributed by atoms with Crippen molar-refractivity contribution in [3.63, 3.8) is 0 Å². The summed E-state index contributed by atoms with van der Waals surface area (Å²) in [6.45, 7) is 1.16. The molecule has 0 atom stereocenters.